The number of hydrogen-bond donors (Lipinski definition) is 2. The summed E-state index contributed by atoms with van der Waals surface area (Å²) >= 11 is 0. The summed E-state index contributed by atoms with van der Waals surface area (Å²) in [6, 6.07) is 10.9. The summed E-state index contributed by atoms with van der Waals surface area (Å²) in [5.74, 6) is 1.60. The van der Waals surface area contributed by atoms with Gasteiger partial charge < -0.3 is 10.4 Å². The molecule has 2 aliphatic carbocycles. The van der Waals surface area contributed by atoms with Crippen molar-refractivity contribution in [3.8, 4) is 0 Å². The summed E-state index contributed by atoms with van der Waals surface area (Å²) in [5, 5.41) is 12.7. The maximum absolute atomic E-state index is 12.3. The summed E-state index contributed by atoms with van der Waals surface area (Å²) in [7, 11) is 0. The van der Waals surface area contributed by atoms with E-state index in [9.17, 15) is 9.90 Å². The highest BCUT2D eigenvalue weighted by atomic mass is 16.3. The van der Waals surface area contributed by atoms with Crippen LogP contribution < -0.4 is 5.32 Å². The molecule has 0 aromatic heterocycles. The van der Waals surface area contributed by atoms with E-state index in [4.69, 9.17) is 0 Å². The van der Waals surface area contributed by atoms with Gasteiger partial charge in [-0.2, -0.15) is 0 Å². The van der Waals surface area contributed by atoms with Gasteiger partial charge in [-0.3, -0.25) is 4.79 Å². The van der Waals surface area contributed by atoms with E-state index in [1.54, 1.807) is 0 Å². The second-order valence-corrected chi connectivity index (χ2v) is 7.14. The Hall–Kier alpha value is -1.35. The molecule has 3 nitrogen and oxygen atoms in total. The highest BCUT2D eigenvalue weighted by Crippen LogP contribution is 2.43. The highest BCUT2D eigenvalue weighted by molar-refractivity contribution is 5.79. The van der Waals surface area contributed by atoms with E-state index in [0.717, 1.165) is 38.5 Å². The van der Waals surface area contributed by atoms with Crippen molar-refractivity contribution in [2.75, 3.05) is 0 Å². The van der Waals surface area contributed by atoms with Crippen LogP contribution in [-0.2, 0) is 4.79 Å². The van der Waals surface area contributed by atoms with Crippen molar-refractivity contribution in [2.45, 2.75) is 63.5 Å². The summed E-state index contributed by atoms with van der Waals surface area (Å²) in [6.07, 6.45) is 5.35. The molecule has 2 fully saturated rings. The van der Waals surface area contributed by atoms with Crippen molar-refractivity contribution in [3.05, 3.63) is 35.9 Å². The van der Waals surface area contributed by atoms with Crippen molar-refractivity contribution >= 4 is 5.91 Å². The molecule has 1 atom stereocenters. The maximum atomic E-state index is 12.3. The van der Waals surface area contributed by atoms with Gasteiger partial charge in [0.15, 0.2) is 0 Å². The van der Waals surface area contributed by atoms with Gasteiger partial charge in [0.1, 0.15) is 0 Å². The first-order chi connectivity index (χ1) is 10.6. The molecule has 0 radical (unpaired) electrons. The summed E-state index contributed by atoms with van der Waals surface area (Å²) < 4.78 is 0. The second kappa shape index (κ2) is 6.82. The lowest BCUT2D eigenvalue weighted by Gasteiger charge is -2.39. The molecule has 1 amide bonds. The maximum Gasteiger partial charge on any atom is 0.223 e. The van der Waals surface area contributed by atoms with Gasteiger partial charge in [0.25, 0.3) is 0 Å². The van der Waals surface area contributed by atoms with Crippen LogP contribution in [0.3, 0.4) is 0 Å². The lowest BCUT2D eigenvalue weighted by atomic mass is 9.67. The minimum Gasteiger partial charge on any atom is -0.393 e. The molecule has 2 saturated carbocycles. The largest absolute Gasteiger partial charge is 0.393 e. The van der Waals surface area contributed by atoms with Crippen molar-refractivity contribution in [2.24, 2.45) is 11.8 Å². The average molecular weight is 301 g/mol. The first kappa shape index (κ1) is 15.5. The summed E-state index contributed by atoms with van der Waals surface area (Å²) in [4.78, 5) is 12.3. The quantitative estimate of drug-likeness (QED) is 0.897. The van der Waals surface area contributed by atoms with Gasteiger partial charge in [0.05, 0.1) is 6.10 Å². The third kappa shape index (κ3) is 3.52. The molecule has 3 rings (SSSR count). The van der Waals surface area contributed by atoms with Gasteiger partial charge in [-0.1, -0.05) is 37.3 Å². The first-order valence-corrected chi connectivity index (χ1v) is 8.67. The Kier molecular flexibility index (Phi) is 4.82. The molecule has 0 saturated heterocycles. The van der Waals surface area contributed by atoms with Crippen LogP contribution in [0.1, 0.15) is 56.9 Å². The number of aliphatic hydroxyl groups is 1. The van der Waals surface area contributed by atoms with E-state index in [2.05, 4.69) is 36.5 Å². The molecule has 22 heavy (non-hydrogen) atoms. The Labute approximate surface area is 133 Å². The van der Waals surface area contributed by atoms with Crippen LogP contribution >= 0.6 is 0 Å². The number of hydrogen-bond acceptors (Lipinski definition) is 2. The molecule has 1 aromatic carbocycles. The molecule has 1 aromatic rings. The molecule has 3 heteroatoms. The SMILES string of the molecule is CC(c1ccccc1)C1CC(C(=O)NC2CCC(O)CC2)C1. The fourth-order valence-corrected chi connectivity index (χ4v) is 3.85. The number of nitrogens with one attached hydrogen (secondary N) is 1. The van der Waals surface area contributed by atoms with Crippen LogP contribution in [0.2, 0.25) is 0 Å². The van der Waals surface area contributed by atoms with Crippen LogP contribution in [0.4, 0.5) is 0 Å². The Balaban J connectivity index is 1.44. The molecule has 0 bridgehead atoms. The standard InChI is InChI=1S/C19H27NO2/c1-13(14-5-3-2-4-6-14)15-11-16(12-15)19(22)20-17-7-9-18(21)10-8-17/h2-6,13,15-18,21H,7-12H2,1H3,(H,20,22). The number of benzene rings is 1. The fraction of sp³-hybridized carbons (Fsp3) is 0.632. The van der Waals surface area contributed by atoms with Gasteiger partial charge in [-0.25, -0.2) is 0 Å². The zero-order valence-corrected chi connectivity index (χ0v) is 13.4. The highest BCUT2D eigenvalue weighted by Gasteiger charge is 2.38. The number of aliphatic hydroxyl groups excluding tert-OH is 1. The molecular weight excluding hydrogens is 274 g/mol. The third-order valence-corrected chi connectivity index (χ3v) is 5.62. The van der Waals surface area contributed by atoms with Gasteiger partial charge in [0.2, 0.25) is 5.91 Å². The topological polar surface area (TPSA) is 49.3 Å². The van der Waals surface area contributed by atoms with E-state index in [1.807, 2.05) is 6.07 Å². The number of rotatable bonds is 4. The lowest BCUT2D eigenvalue weighted by Crippen LogP contribution is -2.45. The molecule has 2 N–H and O–H groups in total. The van der Waals surface area contributed by atoms with E-state index in [0.29, 0.717) is 11.8 Å². The van der Waals surface area contributed by atoms with Crippen molar-refractivity contribution in [3.63, 3.8) is 0 Å². The molecule has 0 heterocycles. The van der Waals surface area contributed by atoms with Crippen molar-refractivity contribution < 1.29 is 9.90 Å². The molecular formula is C19H27NO2. The fourth-order valence-electron chi connectivity index (χ4n) is 3.85. The van der Waals surface area contributed by atoms with E-state index in [-0.39, 0.29) is 24.0 Å². The summed E-state index contributed by atoms with van der Waals surface area (Å²) in [5.41, 5.74) is 1.38. The zero-order valence-electron chi connectivity index (χ0n) is 13.4. The van der Waals surface area contributed by atoms with Crippen LogP contribution in [-0.4, -0.2) is 23.2 Å². The molecule has 1 unspecified atom stereocenters. The van der Waals surface area contributed by atoms with E-state index >= 15 is 0 Å². The minimum atomic E-state index is -0.159. The van der Waals surface area contributed by atoms with Gasteiger partial charge in [-0.05, 0) is 55.9 Å². The molecule has 0 spiro atoms. The summed E-state index contributed by atoms with van der Waals surface area (Å²) in [6.45, 7) is 2.27. The van der Waals surface area contributed by atoms with Crippen LogP contribution in [0.5, 0.6) is 0 Å². The Morgan fingerprint density at radius 3 is 2.41 bits per heavy atom. The van der Waals surface area contributed by atoms with Gasteiger partial charge >= 0.3 is 0 Å². The van der Waals surface area contributed by atoms with Crippen LogP contribution in [0.15, 0.2) is 30.3 Å². The number of carbonyl (C=O) groups is 1. The van der Waals surface area contributed by atoms with Crippen LogP contribution in [0.25, 0.3) is 0 Å². The zero-order chi connectivity index (χ0) is 15.5. The molecule has 2 aliphatic rings. The normalized spacial score (nSPS) is 32.8. The van der Waals surface area contributed by atoms with Gasteiger partial charge in [0, 0.05) is 12.0 Å². The van der Waals surface area contributed by atoms with Gasteiger partial charge in [-0.15, -0.1) is 0 Å². The molecule has 0 aliphatic heterocycles. The van der Waals surface area contributed by atoms with E-state index < -0.39 is 0 Å². The minimum absolute atomic E-state index is 0.159. The van der Waals surface area contributed by atoms with Crippen molar-refractivity contribution in [1.29, 1.82) is 0 Å². The third-order valence-electron chi connectivity index (χ3n) is 5.62. The predicted molar refractivity (Wildman–Crippen MR) is 87.5 cm³/mol. The average Bonchev–Trinajstić information content (AvgIpc) is 2.49. The Bertz CT molecular complexity index is 487. The predicted octanol–water partition coefficient (Wildman–Crippen LogP) is 3.24. The first-order valence-electron chi connectivity index (χ1n) is 8.67. The Morgan fingerprint density at radius 1 is 1.14 bits per heavy atom. The van der Waals surface area contributed by atoms with E-state index in [1.165, 1.54) is 5.56 Å². The van der Waals surface area contributed by atoms with Crippen LogP contribution in [0, 0.1) is 11.8 Å². The smallest absolute Gasteiger partial charge is 0.223 e. The molecule has 120 valence electrons. The monoisotopic (exact) mass is 301 g/mol. The lowest BCUT2D eigenvalue weighted by molar-refractivity contribution is -0.130. The second-order valence-electron chi connectivity index (χ2n) is 7.14. The number of amides is 1. The number of carbonyl (C=O) groups excluding carboxylic acids is 1. The van der Waals surface area contributed by atoms with Crippen molar-refractivity contribution in [1.82, 2.24) is 5.32 Å². The Morgan fingerprint density at radius 2 is 1.77 bits per heavy atom.